The average molecular weight is 715 g/mol. The Morgan fingerprint density at radius 3 is 1.29 bits per heavy atom. The fourth-order valence-corrected chi connectivity index (χ4v) is 7.57. The van der Waals surface area contributed by atoms with Crippen LogP contribution >= 0.6 is 0 Å². The van der Waals surface area contributed by atoms with E-state index in [0.717, 1.165) is 77.6 Å². The van der Waals surface area contributed by atoms with Crippen LogP contribution in [0.25, 0.3) is 100 Å². The summed E-state index contributed by atoms with van der Waals surface area (Å²) < 4.78 is 0. The zero-order valence-corrected chi connectivity index (χ0v) is 30.4. The first-order chi connectivity index (χ1) is 27.7. The van der Waals surface area contributed by atoms with Gasteiger partial charge in [-0.15, -0.1) is 0 Å². The minimum absolute atomic E-state index is 0.612. The number of pyridine rings is 1. The van der Waals surface area contributed by atoms with Crippen LogP contribution in [0.1, 0.15) is 0 Å². The highest BCUT2D eigenvalue weighted by atomic mass is 15.0. The SMILES string of the molecule is c1ccc(-c2nc(-c3ccccc3)nc(-c3cc(-c4ccc(-c5nc6ccccc6c6ccccc56)cc4)cc(-c4ccccc4-c4ccccc4)c3)n2)cc1. The molecule has 0 atom stereocenters. The van der Waals surface area contributed by atoms with Gasteiger partial charge >= 0.3 is 0 Å². The molecule has 0 spiro atoms. The van der Waals surface area contributed by atoms with E-state index < -0.39 is 0 Å². The summed E-state index contributed by atoms with van der Waals surface area (Å²) in [5, 5.41) is 3.50. The molecular weight excluding hydrogens is 681 g/mol. The summed E-state index contributed by atoms with van der Waals surface area (Å²) in [7, 11) is 0. The molecule has 0 aliphatic rings. The van der Waals surface area contributed by atoms with E-state index >= 15 is 0 Å². The van der Waals surface area contributed by atoms with E-state index in [1.165, 1.54) is 5.39 Å². The second-order valence-corrected chi connectivity index (χ2v) is 13.8. The van der Waals surface area contributed by atoms with Gasteiger partial charge in [0.25, 0.3) is 0 Å². The first-order valence-corrected chi connectivity index (χ1v) is 18.8. The van der Waals surface area contributed by atoms with Crippen LogP contribution in [0, 0.1) is 0 Å². The Kier molecular flexibility index (Phi) is 8.47. The number of benzene rings is 8. The molecule has 0 fully saturated rings. The standard InChI is InChI=1S/C52H34N4/c1-4-16-36(17-5-1)43-22-10-11-23-44(43)41-32-40(35-28-30-37(31-29-35)49-47-26-13-12-24-45(47)46-25-14-15-27-48(46)53-49)33-42(34-41)52-55-50(38-18-6-2-7-19-38)54-51(56-52)39-20-8-3-9-21-39/h1-34H. The molecule has 10 rings (SSSR count). The molecule has 8 aromatic carbocycles. The predicted octanol–water partition coefficient (Wildman–Crippen LogP) is 13.2. The smallest absolute Gasteiger partial charge is 0.164 e. The molecule has 4 heteroatoms. The largest absolute Gasteiger partial charge is 0.247 e. The molecule has 0 saturated heterocycles. The fraction of sp³-hybridized carbons (Fsp3) is 0. The number of para-hydroxylation sites is 1. The number of nitrogens with zero attached hydrogens (tertiary/aromatic N) is 4. The van der Waals surface area contributed by atoms with Gasteiger partial charge in [-0.25, -0.2) is 19.9 Å². The van der Waals surface area contributed by atoms with Crippen molar-refractivity contribution in [2.75, 3.05) is 0 Å². The molecule has 56 heavy (non-hydrogen) atoms. The average Bonchev–Trinajstić information content (AvgIpc) is 3.29. The van der Waals surface area contributed by atoms with E-state index in [9.17, 15) is 0 Å². The van der Waals surface area contributed by atoms with Crippen molar-refractivity contribution in [2.24, 2.45) is 0 Å². The molecular formula is C52H34N4. The summed E-state index contributed by atoms with van der Waals surface area (Å²) in [5.41, 5.74) is 12.5. The number of aromatic nitrogens is 4. The molecule has 0 saturated carbocycles. The minimum Gasteiger partial charge on any atom is -0.247 e. The summed E-state index contributed by atoms with van der Waals surface area (Å²) in [4.78, 5) is 20.4. The zero-order chi connectivity index (χ0) is 37.3. The molecule has 2 aromatic heterocycles. The Balaban J connectivity index is 1.16. The van der Waals surface area contributed by atoms with Crippen LogP contribution in [0.5, 0.6) is 0 Å². The second-order valence-electron chi connectivity index (χ2n) is 13.8. The van der Waals surface area contributed by atoms with Crippen LogP contribution in [0.15, 0.2) is 206 Å². The van der Waals surface area contributed by atoms with Gasteiger partial charge in [0.05, 0.1) is 11.2 Å². The van der Waals surface area contributed by atoms with Crippen molar-refractivity contribution in [1.82, 2.24) is 19.9 Å². The predicted molar refractivity (Wildman–Crippen MR) is 231 cm³/mol. The Bertz CT molecular complexity index is 2940. The Hall–Kier alpha value is -7.56. The normalized spacial score (nSPS) is 11.2. The third-order valence-corrected chi connectivity index (χ3v) is 10.3. The van der Waals surface area contributed by atoms with Gasteiger partial charge in [-0.05, 0) is 63.0 Å². The highest BCUT2D eigenvalue weighted by molar-refractivity contribution is 6.10. The third-order valence-electron chi connectivity index (χ3n) is 10.3. The third kappa shape index (κ3) is 6.29. The van der Waals surface area contributed by atoms with Gasteiger partial charge in [-0.3, -0.25) is 0 Å². The lowest BCUT2D eigenvalue weighted by Crippen LogP contribution is -2.00. The Morgan fingerprint density at radius 1 is 0.232 bits per heavy atom. The summed E-state index contributed by atoms with van der Waals surface area (Å²) in [5.74, 6) is 1.87. The van der Waals surface area contributed by atoms with Gasteiger partial charge in [-0.1, -0.05) is 182 Å². The summed E-state index contributed by atoms with van der Waals surface area (Å²) in [6.45, 7) is 0. The van der Waals surface area contributed by atoms with Gasteiger partial charge in [0.2, 0.25) is 0 Å². The maximum absolute atomic E-state index is 5.17. The lowest BCUT2D eigenvalue weighted by Gasteiger charge is -2.15. The van der Waals surface area contributed by atoms with Gasteiger partial charge < -0.3 is 0 Å². The number of hydrogen-bond acceptors (Lipinski definition) is 4. The fourth-order valence-electron chi connectivity index (χ4n) is 7.57. The van der Waals surface area contributed by atoms with Gasteiger partial charge in [0.1, 0.15) is 0 Å². The molecule has 0 bridgehead atoms. The Morgan fingerprint density at radius 2 is 0.661 bits per heavy atom. The maximum atomic E-state index is 5.17. The number of fused-ring (bicyclic) bond motifs is 3. The first-order valence-electron chi connectivity index (χ1n) is 18.8. The maximum Gasteiger partial charge on any atom is 0.164 e. The summed E-state index contributed by atoms with van der Waals surface area (Å²) in [6.07, 6.45) is 0. The summed E-state index contributed by atoms with van der Waals surface area (Å²) in [6, 6.07) is 71.8. The van der Waals surface area contributed by atoms with Gasteiger partial charge in [0.15, 0.2) is 17.5 Å². The van der Waals surface area contributed by atoms with Gasteiger partial charge in [0, 0.05) is 33.0 Å². The van der Waals surface area contributed by atoms with Crippen LogP contribution in [0.2, 0.25) is 0 Å². The molecule has 262 valence electrons. The molecule has 0 amide bonds. The van der Waals surface area contributed by atoms with Gasteiger partial charge in [-0.2, -0.15) is 0 Å². The topological polar surface area (TPSA) is 51.6 Å². The van der Waals surface area contributed by atoms with Crippen LogP contribution in [0.4, 0.5) is 0 Å². The zero-order valence-electron chi connectivity index (χ0n) is 30.4. The van der Waals surface area contributed by atoms with Crippen molar-refractivity contribution in [3.63, 3.8) is 0 Å². The first kappa shape index (κ1) is 33.0. The molecule has 0 aliphatic carbocycles. The molecule has 2 heterocycles. The van der Waals surface area contributed by atoms with Crippen molar-refractivity contribution in [1.29, 1.82) is 0 Å². The molecule has 4 nitrogen and oxygen atoms in total. The van der Waals surface area contributed by atoms with Crippen molar-refractivity contribution < 1.29 is 0 Å². The molecule has 0 N–H and O–H groups in total. The Labute approximate surface area is 325 Å². The van der Waals surface area contributed by atoms with E-state index in [2.05, 4.69) is 146 Å². The monoisotopic (exact) mass is 714 g/mol. The van der Waals surface area contributed by atoms with Crippen molar-refractivity contribution in [3.05, 3.63) is 206 Å². The molecule has 0 unspecified atom stereocenters. The van der Waals surface area contributed by atoms with E-state index in [1.807, 2.05) is 60.7 Å². The van der Waals surface area contributed by atoms with Crippen LogP contribution < -0.4 is 0 Å². The number of rotatable bonds is 7. The summed E-state index contributed by atoms with van der Waals surface area (Å²) >= 11 is 0. The molecule has 0 radical (unpaired) electrons. The van der Waals surface area contributed by atoms with Crippen LogP contribution in [0.3, 0.4) is 0 Å². The van der Waals surface area contributed by atoms with Crippen LogP contribution in [-0.2, 0) is 0 Å². The minimum atomic E-state index is 0.612. The molecule has 10 aromatic rings. The molecule has 0 aliphatic heterocycles. The van der Waals surface area contributed by atoms with Crippen molar-refractivity contribution >= 4 is 21.7 Å². The highest BCUT2D eigenvalue weighted by Gasteiger charge is 2.17. The van der Waals surface area contributed by atoms with E-state index in [1.54, 1.807) is 0 Å². The quantitative estimate of drug-likeness (QED) is 0.154. The van der Waals surface area contributed by atoms with E-state index in [4.69, 9.17) is 19.9 Å². The number of hydrogen-bond donors (Lipinski definition) is 0. The van der Waals surface area contributed by atoms with Crippen LogP contribution in [-0.4, -0.2) is 19.9 Å². The lowest BCUT2D eigenvalue weighted by molar-refractivity contribution is 1.07. The van der Waals surface area contributed by atoms with E-state index in [0.29, 0.717) is 17.5 Å². The van der Waals surface area contributed by atoms with Crippen molar-refractivity contribution in [2.45, 2.75) is 0 Å². The van der Waals surface area contributed by atoms with Crippen molar-refractivity contribution in [3.8, 4) is 78.8 Å². The second kappa shape index (κ2) is 14.3. The van der Waals surface area contributed by atoms with E-state index in [-0.39, 0.29) is 0 Å². The lowest BCUT2D eigenvalue weighted by atomic mass is 9.90. The highest BCUT2D eigenvalue weighted by Crippen LogP contribution is 2.39.